The van der Waals surface area contributed by atoms with Gasteiger partial charge in [-0.15, -0.1) is 0 Å². The second kappa shape index (κ2) is 10.3. The third-order valence-corrected chi connectivity index (χ3v) is 6.00. The first-order chi connectivity index (χ1) is 16.0. The summed E-state index contributed by atoms with van der Waals surface area (Å²) in [6.07, 6.45) is 1.06. The van der Waals surface area contributed by atoms with Crippen LogP contribution in [0.2, 0.25) is 0 Å². The minimum atomic E-state index is -0.765. The number of nitrogens with one attached hydrogen (secondary N) is 1. The molecule has 0 radical (unpaired) electrons. The molecule has 0 atom stereocenters. The summed E-state index contributed by atoms with van der Waals surface area (Å²) in [5, 5.41) is 13.2. The highest BCUT2D eigenvalue weighted by molar-refractivity contribution is 6.56. The molecule has 1 heterocycles. The number of amides is 1. The number of alkyl carbamates (subject to hydrolysis) is 1. The molecule has 34 heavy (non-hydrogen) atoms. The lowest BCUT2D eigenvalue weighted by Crippen LogP contribution is -2.41. The zero-order valence-electron chi connectivity index (χ0n) is 20.1. The number of aromatic hydroxyl groups is 1. The van der Waals surface area contributed by atoms with Crippen molar-refractivity contribution in [1.29, 1.82) is 0 Å². The number of phenolic OH excluding ortho intramolecular Hbond substituents is 1. The normalized spacial score (nSPS) is 16.7. The highest BCUT2D eigenvalue weighted by Gasteiger charge is 2.52. The summed E-state index contributed by atoms with van der Waals surface area (Å²) in [7, 11) is 0.505. The first kappa shape index (κ1) is 25.3. The molecule has 2 N–H and O–H groups in total. The van der Waals surface area contributed by atoms with Gasteiger partial charge in [0.15, 0.2) is 0 Å². The van der Waals surface area contributed by atoms with Crippen molar-refractivity contribution in [2.45, 2.75) is 45.5 Å². The molecule has 3 rings (SSSR count). The number of phenols is 1. The van der Waals surface area contributed by atoms with Gasteiger partial charge in [0.2, 0.25) is 0 Å². The Morgan fingerprint density at radius 1 is 1.06 bits per heavy atom. The SMILES string of the molecule is COC(=O)c1ccc(C=C(CNC(=O)OCc2ccccc2)B2OC(C)(C)C(C)(C)O2)c(O)c1. The number of hydrogen-bond acceptors (Lipinski definition) is 7. The van der Waals surface area contributed by atoms with Crippen LogP contribution < -0.4 is 5.32 Å². The van der Waals surface area contributed by atoms with Crippen molar-refractivity contribution in [2.75, 3.05) is 13.7 Å². The molecule has 0 saturated carbocycles. The molecule has 1 amide bonds. The summed E-state index contributed by atoms with van der Waals surface area (Å²) < 4.78 is 22.3. The Bertz CT molecular complexity index is 1050. The van der Waals surface area contributed by atoms with E-state index in [1.54, 1.807) is 18.2 Å². The maximum Gasteiger partial charge on any atom is 0.492 e. The molecule has 0 aromatic heterocycles. The minimum Gasteiger partial charge on any atom is -0.507 e. The van der Waals surface area contributed by atoms with E-state index < -0.39 is 30.4 Å². The zero-order chi connectivity index (χ0) is 24.9. The fourth-order valence-corrected chi connectivity index (χ4v) is 3.26. The van der Waals surface area contributed by atoms with Crippen molar-refractivity contribution in [3.63, 3.8) is 0 Å². The fourth-order valence-electron chi connectivity index (χ4n) is 3.26. The van der Waals surface area contributed by atoms with Crippen LogP contribution in [0.5, 0.6) is 5.75 Å². The van der Waals surface area contributed by atoms with Crippen LogP contribution in [0.4, 0.5) is 4.79 Å². The predicted octanol–water partition coefficient (Wildman–Crippen LogP) is 4.12. The van der Waals surface area contributed by atoms with Gasteiger partial charge in [-0.05, 0) is 50.9 Å². The highest BCUT2D eigenvalue weighted by Crippen LogP contribution is 2.39. The van der Waals surface area contributed by atoms with Crippen LogP contribution in [0.15, 0.2) is 54.0 Å². The molecule has 0 unspecified atom stereocenters. The van der Waals surface area contributed by atoms with Gasteiger partial charge in [0.1, 0.15) is 12.4 Å². The maximum absolute atomic E-state index is 12.3. The molecule has 2 aromatic carbocycles. The minimum absolute atomic E-state index is 0.0582. The molecular weight excluding hydrogens is 437 g/mol. The average Bonchev–Trinajstić information content (AvgIpc) is 3.02. The van der Waals surface area contributed by atoms with E-state index in [-0.39, 0.29) is 24.5 Å². The quantitative estimate of drug-likeness (QED) is 0.467. The molecule has 1 aliphatic heterocycles. The summed E-state index contributed by atoms with van der Waals surface area (Å²) in [5.41, 5.74) is 0.892. The molecule has 0 spiro atoms. The summed E-state index contributed by atoms with van der Waals surface area (Å²) >= 11 is 0. The first-order valence-electron chi connectivity index (χ1n) is 10.9. The molecule has 1 aliphatic rings. The van der Waals surface area contributed by atoms with Crippen molar-refractivity contribution in [3.05, 3.63) is 70.7 Å². The topological polar surface area (TPSA) is 103 Å². The number of esters is 1. The van der Waals surface area contributed by atoms with E-state index in [2.05, 4.69) is 5.32 Å². The van der Waals surface area contributed by atoms with E-state index in [1.165, 1.54) is 13.2 Å². The fraction of sp³-hybridized carbons (Fsp3) is 0.360. The molecule has 9 heteroatoms. The molecule has 0 bridgehead atoms. The summed E-state index contributed by atoms with van der Waals surface area (Å²) in [4.78, 5) is 24.1. The second-order valence-corrected chi connectivity index (χ2v) is 8.99. The second-order valence-electron chi connectivity index (χ2n) is 8.99. The largest absolute Gasteiger partial charge is 0.507 e. The van der Waals surface area contributed by atoms with Crippen molar-refractivity contribution in [1.82, 2.24) is 5.32 Å². The van der Waals surface area contributed by atoms with Crippen molar-refractivity contribution < 1.29 is 33.5 Å². The number of carbonyl (C=O) groups is 2. The van der Waals surface area contributed by atoms with E-state index in [0.717, 1.165) is 5.56 Å². The van der Waals surface area contributed by atoms with Gasteiger partial charge in [0.25, 0.3) is 0 Å². The molecule has 1 saturated heterocycles. The summed E-state index contributed by atoms with van der Waals surface area (Å²) in [6, 6.07) is 13.8. The Labute approximate surface area is 200 Å². The standard InChI is InChI=1S/C25H30BNO7/c1-24(2)25(3,4)34-26(33-24)20(13-18-11-12-19(14-21(18)28)22(29)31-5)15-27-23(30)32-16-17-9-7-6-8-10-17/h6-14,28H,15-16H2,1-5H3,(H,27,30). The monoisotopic (exact) mass is 467 g/mol. The average molecular weight is 467 g/mol. The molecular formula is C25H30BNO7. The molecule has 2 aromatic rings. The van der Waals surface area contributed by atoms with Gasteiger partial charge in [0.05, 0.1) is 23.9 Å². The Kier molecular flexibility index (Phi) is 7.69. The van der Waals surface area contributed by atoms with Gasteiger partial charge in [-0.25, -0.2) is 9.59 Å². The lowest BCUT2D eigenvalue weighted by atomic mass is 9.77. The Hall–Kier alpha value is -3.30. The van der Waals surface area contributed by atoms with E-state index in [9.17, 15) is 14.7 Å². The van der Waals surface area contributed by atoms with E-state index >= 15 is 0 Å². The first-order valence-corrected chi connectivity index (χ1v) is 10.9. The molecule has 8 nitrogen and oxygen atoms in total. The van der Waals surface area contributed by atoms with Gasteiger partial charge in [-0.1, -0.05) is 42.5 Å². The van der Waals surface area contributed by atoms with Gasteiger partial charge in [0, 0.05) is 12.1 Å². The summed E-state index contributed by atoms with van der Waals surface area (Å²) in [6.45, 7) is 7.90. The predicted molar refractivity (Wildman–Crippen MR) is 128 cm³/mol. The number of ether oxygens (including phenoxy) is 2. The van der Waals surface area contributed by atoms with Crippen LogP contribution in [-0.2, 0) is 25.4 Å². The van der Waals surface area contributed by atoms with E-state index in [0.29, 0.717) is 11.0 Å². The number of carbonyl (C=O) groups excluding carboxylic acids is 2. The van der Waals surface area contributed by atoms with Gasteiger partial charge < -0.3 is 29.2 Å². The van der Waals surface area contributed by atoms with Crippen molar-refractivity contribution >= 4 is 25.3 Å². The third-order valence-electron chi connectivity index (χ3n) is 6.00. The number of rotatable bonds is 7. The number of benzene rings is 2. The van der Waals surface area contributed by atoms with Crippen LogP contribution in [0.25, 0.3) is 6.08 Å². The van der Waals surface area contributed by atoms with Crippen LogP contribution >= 0.6 is 0 Å². The van der Waals surface area contributed by atoms with Crippen LogP contribution in [0, 0.1) is 0 Å². The maximum atomic E-state index is 12.3. The zero-order valence-corrected chi connectivity index (χ0v) is 20.1. The highest BCUT2D eigenvalue weighted by atomic mass is 16.7. The van der Waals surface area contributed by atoms with E-state index in [1.807, 2.05) is 58.0 Å². The Balaban J connectivity index is 1.79. The van der Waals surface area contributed by atoms with Crippen molar-refractivity contribution in [2.24, 2.45) is 0 Å². The molecule has 180 valence electrons. The lowest BCUT2D eigenvalue weighted by Gasteiger charge is -2.32. The smallest absolute Gasteiger partial charge is 0.492 e. The Morgan fingerprint density at radius 3 is 2.29 bits per heavy atom. The van der Waals surface area contributed by atoms with Gasteiger partial charge in [-0.3, -0.25) is 0 Å². The number of hydrogen-bond donors (Lipinski definition) is 2. The third kappa shape index (κ3) is 5.98. The number of methoxy groups -OCH3 is 1. The summed E-state index contributed by atoms with van der Waals surface area (Å²) in [5.74, 6) is -0.677. The van der Waals surface area contributed by atoms with Gasteiger partial charge >= 0.3 is 19.2 Å². The van der Waals surface area contributed by atoms with Gasteiger partial charge in [-0.2, -0.15) is 0 Å². The van der Waals surface area contributed by atoms with Crippen molar-refractivity contribution in [3.8, 4) is 5.75 Å². The van der Waals surface area contributed by atoms with E-state index in [4.69, 9.17) is 18.8 Å². The Morgan fingerprint density at radius 2 is 1.71 bits per heavy atom. The van der Waals surface area contributed by atoms with Crippen LogP contribution in [-0.4, -0.2) is 49.1 Å². The molecule has 0 aliphatic carbocycles. The van der Waals surface area contributed by atoms with Crippen LogP contribution in [0.3, 0.4) is 0 Å². The lowest BCUT2D eigenvalue weighted by molar-refractivity contribution is 0.00578. The molecule has 1 fully saturated rings. The van der Waals surface area contributed by atoms with Crippen LogP contribution in [0.1, 0.15) is 49.2 Å².